The summed E-state index contributed by atoms with van der Waals surface area (Å²) in [6.07, 6.45) is 3.58. The van der Waals surface area contributed by atoms with E-state index in [0.717, 1.165) is 23.7 Å². The van der Waals surface area contributed by atoms with Crippen molar-refractivity contribution in [3.63, 3.8) is 0 Å². The molecule has 0 N–H and O–H groups in total. The fourth-order valence-electron chi connectivity index (χ4n) is 4.50. The van der Waals surface area contributed by atoms with E-state index in [4.69, 9.17) is 4.74 Å². The highest BCUT2D eigenvalue weighted by Crippen LogP contribution is 2.24. The zero-order valence-electron chi connectivity index (χ0n) is 16.7. The molecule has 1 aromatic heterocycles. The summed E-state index contributed by atoms with van der Waals surface area (Å²) in [6.45, 7) is 7.00. The molecule has 3 heterocycles. The average Bonchev–Trinajstić information content (AvgIpc) is 3.13. The number of carbonyl (C=O) groups excluding carboxylic acids is 2. The van der Waals surface area contributed by atoms with Crippen LogP contribution >= 0.6 is 0 Å². The number of piperazine rings is 1. The van der Waals surface area contributed by atoms with E-state index < -0.39 is 0 Å². The first kappa shape index (κ1) is 19.0. The summed E-state index contributed by atoms with van der Waals surface area (Å²) in [7, 11) is 0. The number of nitrogens with zero attached hydrogens (tertiary/aromatic N) is 3. The maximum Gasteiger partial charge on any atom is 0.242 e. The molecule has 150 valence electrons. The number of fused-ring (bicyclic) bond motifs is 1. The zero-order valence-corrected chi connectivity index (χ0v) is 16.7. The van der Waals surface area contributed by atoms with Gasteiger partial charge in [0.25, 0.3) is 0 Å². The van der Waals surface area contributed by atoms with Crippen molar-refractivity contribution in [2.24, 2.45) is 5.92 Å². The molecule has 1 aromatic carbocycles. The van der Waals surface area contributed by atoms with Crippen LogP contribution in [0.1, 0.15) is 26.7 Å². The minimum atomic E-state index is 0.00636. The fraction of sp³-hybridized carbons (Fsp3) is 0.545. The second-order valence-corrected chi connectivity index (χ2v) is 7.99. The third kappa shape index (κ3) is 3.53. The summed E-state index contributed by atoms with van der Waals surface area (Å²) in [5, 5.41) is 1.14. The van der Waals surface area contributed by atoms with Gasteiger partial charge in [0.05, 0.1) is 0 Å². The number of aromatic nitrogens is 1. The molecule has 2 saturated heterocycles. The predicted molar refractivity (Wildman–Crippen MR) is 108 cm³/mol. The lowest BCUT2D eigenvalue weighted by atomic mass is 9.95. The molecule has 0 aliphatic carbocycles. The Morgan fingerprint density at radius 2 is 1.68 bits per heavy atom. The normalized spacial score (nSPS) is 23.9. The molecular formula is C22H29N3O3. The lowest BCUT2D eigenvalue weighted by Gasteiger charge is -2.46. The van der Waals surface area contributed by atoms with Crippen LogP contribution in [0.15, 0.2) is 36.5 Å². The number of para-hydroxylation sites is 1. The fourth-order valence-corrected chi connectivity index (χ4v) is 4.50. The van der Waals surface area contributed by atoms with E-state index in [9.17, 15) is 9.59 Å². The number of ether oxygens (including phenoxy) is 1. The van der Waals surface area contributed by atoms with Gasteiger partial charge in [-0.1, -0.05) is 18.2 Å². The number of hydrogen-bond donors (Lipinski definition) is 0. The van der Waals surface area contributed by atoms with Gasteiger partial charge in [-0.25, -0.2) is 0 Å². The molecule has 6 nitrogen and oxygen atoms in total. The van der Waals surface area contributed by atoms with Gasteiger partial charge in [-0.3, -0.25) is 9.59 Å². The Labute approximate surface area is 166 Å². The van der Waals surface area contributed by atoms with Crippen LogP contribution in [0.4, 0.5) is 0 Å². The van der Waals surface area contributed by atoms with Crippen LogP contribution in [-0.2, 0) is 20.9 Å². The molecule has 2 fully saturated rings. The van der Waals surface area contributed by atoms with E-state index in [0.29, 0.717) is 32.8 Å². The predicted octanol–water partition coefficient (Wildman–Crippen LogP) is 2.52. The molecule has 6 heteroatoms. The molecule has 2 aliphatic rings. The van der Waals surface area contributed by atoms with Crippen molar-refractivity contribution in [2.75, 3.05) is 26.3 Å². The van der Waals surface area contributed by atoms with Crippen LogP contribution in [-0.4, -0.2) is 64.6 Å². The molecule has 2 amide bonds. The summed E-state index contributed by atoms with van der Waals surface area (Å²) in [5.74, 6) is 0.405. The molecule has 2 aliphatic heterocycles. The Kier molecular flexibility index (Phi) is 5.40. The Bertz CT molecular complexity index is 856. The number of amides is 2. The molecule has 0 saturated carbocycles. The highest BCUT2D eigenvalue weighted by Gasteiger charge is 2.38. The molecule has 4 rings (SSSR count). The highest BCUT2D eigenvalue weighted by atomic mass is 16.5. The van der Waals surface area contributed by atoms with Gasteiger partial charge in [0.1, 0.15) is 6.54 Å². The molecular weight excluding hydrogens is 354 g/mol. The van der Waals surface area contributed by atoms with Crippen LogP contribution in [0.5, 0.6) is 0 Å². The van der Waals surface area contributed by atoms with Crippen LogP contribution < -0.4 is 0 Å². The number of carbonyl (C=O) groups is 2. The van der Waals surface area contributed by atoms with Crippen LogP contribution in [0.2, 0.25) is 0 Å². The molecule has 0 radical (unpaired) electrons. The molecule has 2 aromatic rings. The zero-order chi connectivity index (χ0) is 19.7. The van der Waals surface area contributed by atoms with Crippen molar-refractivity contribution < 1.29 is 14.3 Å². The third-order valence-corrected chi connectivity index (χ3v) is 6.42. The molecule has 0 bridgehead atoms. The topological polar surface area (TPSA) is 54.8 Å². The molecule has 0 unspecified atom stereocenters. The molecule has 0 spiro atoms. The minimum Gasteiger partial charge on any atom is -0.381 e. The molecule has 28 heavy (non-hydrogen) atoms. The first-order chi connectivity index (χ1) is 13.6. The van der Waals surface area contributed by atoms with E-state index in [2.05, 4.69) is 19.9 Å². The second kappa shape index (κ2) is 7.95. The van der Waals surface area contributed by atoms with Crippen molar-refractivity contribution in [1.82, 2.24) is 14.4 Å². The monoisotopic (exact) mass is 383 g/mol. The smallest absolute Gasteiger partial charge is 0.242 e. The minimum absolute atomic E-state index is 0.00636. The van der Waals surface area contributed by atoms with Crippen LogP contribution in [0, 0.1) is 5.92 Å². The van der Waals surface area contributed by atoms with Gasteiger partial charge >= 0.3 is 0 Å². The van der Waals surface area contributed by atoms with Gasteiger partial charge in [0.2, 0.25) is 11.8 Å². The van der Waals surface area contributed by atoms with E-state index >= 15 is 0 Å². The van der Waals surface area contributed by atoms with E-state index in [1.165, 1.54) is 0 Å². The maximum absolute atomic E-state index is 13.0. The van der Waals surface area contributed by atoms with Crippen LogP contribution in [0.3, 0.4) is 0 Å². The average molecular weight is 383 g/mol. The number of rotatable bonds is 3. The van der Waals surface area contributed by atoms with Crippen LogP contribution in [0.25, 0.3) is 10.9 Å². The summed E-state index contributed by atoms with van der Waals surface area (Å²) in [5.41, 5.74) is 1.07. The van der Waals surface area contributed by atoms with Gasteiger partial charge in [0.15, 0.2) is 0 Å². The SMILES string of the molecule is C[C@@H]1[C@@H](C)N(C(=O)C2CCOCC2)CCN1C(=O)Cn1ccc2ccccc21. The summed E-state index contributed by atoms with van der Waals surface area (Å²) < 4.78 is 7.40. The summed E-state index contributed by atoms with van der Waals surface area (Å²) in [4.78, 5) is 29.9. The van der Waals surface area contributed by atoms with Crippen molar-refractivity contribution in [3.8, 4) is 0 Å². The van der Waals surface area contributed by atoms with Gasteiger partial charge < -0.3 is 19.1 Å². The Morgan fingerprint density at radius 3 is 2.46 bits per heavy atom. The Hall–Kier alpha value is -2.34. The second-order valence-electron chi connectivity index (χ2n) is 7.99. The summed E-state index contributed by atoms with van der Waals surface area (Å²) in [6, 6.07) is 10.2. The van der Waals surface area contributed by atoms with Crippen molar-refractivity contribution in [3.05, 3.63) is 36.5 Å². The van der Waals surface area contributed by atoms with Gasteiger partial charge in [-0.2, -0.15) is 0 Å². The standard InChI is InChI=1S/C22H29N3O3/c1-16-17(2)25(22(27)19-8-13-28-14-9-19)12-11-24(16)21(26)15-23-10-7-18-5-3-4-6-20(18)23/h3-7,10,16-17,19H,8-9,11-15H2,1-2H3/t16-,17-/m1/s1. The van der Waals surface area contributed by atoms with Gasteiger partial charge in [0, 0.05) is 56.0 Å². The first-order valence-electron chi connectivity index (χ1n) is 10.3. The highest BCUT2D eigenvalue weighted by molar-refractivity contribution is 5.84. The lowest BCUT2D eigenvalue weighted by molar-refractivity contribution is -0.151. The van der Waals surface area contributed by atoms with E-state index in [-0.39, 0.29) is 29.8 Å². The number of benzene rings is 1. The lowest BCUT2D eigenvalue weighted by Crippen LogP contribution is -2.61. The number of hydrogen-bond acceptors (Lipinski definition) is 3. The quantitative estimate of drug-likeness (QED) is 0.818. The van der Waals surface area contributed by atoms with Crippen molar-refractivity contribution in [2.45, 2.75) is 45.3 Å². The first-order valence-corrected chi connectivity index (χ1v) is 10.3. The van der Waals surface area contributed by atoms with E-state index in [1.807, 2.05) is 44.8 Å². The largest absolute Gasteiger partial charge is 0.381 e. The summed E-state index contributed by atoms with van der Waals surface area (Å²) >= 11 is 0. The van der Waals surface area contributed by atoms with E-state index in [1.54, 1.807) is 0 Å². The van der Waals surface area contributed by atoms with Crippen molar-refractivity contribution in [1.29, 1.82) is 0 Å². The van der Waals surface area contributed by atoms with Crippen molar-refractivity contribution >= 4 is 22.7 Å². The Balaban J connectivity index is 1.42. The third-order valence-electron chi connectivity index (χ3n) is 6.42. The van der Waals surface area contributed by atoms with Gasteiger partial charge in [-0.15, -0.1) is 0 Å². The van der Waals surface area contributed by atoms with Gasteiger partial charge in [-0.05, 0) is 44.2 Å². The maximum atomic E-state index is 13.0. The Morgan fingerprint density at radius 1 is 1.00 bits per heavy atom. The molecule has 2 atom stereocenters.